The van der Waals surface area contributed by atoms with Gasteiger partial charge < -0.3 is 5.32 Å². The highest BCUT2D eigenvalue weighted by molar-refractivity contribution is 6.33. The molecule has 0 aliphatic rings. The van der Waals surface area contributed by atoms with Gasteiger partial charge in [-0.05, 0) is 6.07 Å². The Morgan fingerprint density at radius 3 is 2.41 bits per heavy atom. The maximum Gasteiger partial charge on any atom is 0.522 e. The standard InChI is InChI=1S/C9H7ClF5NO/c10-6-3-5(11)4-7(12)8(6)16-1-2-17-9(13,14)15/h3-4,16H,1-2H2. The maximum atomic E-state index is 13.1. The van der Waals surface area contributed by atoms with Crippen LogP contribution in [0.25, 0.3) is 0 Å². The van der Waals surface area contributed by atoms with Crippen molar-refractivity contribution in [3.05, 3.63) is 28.8 Å². The molecule has 0 bridgehead atoms. The number of anilines is 1. The Morgan fingerprint density at radius 1 is 1.24 bits per heavy atom. The van der Waals surface area contributed by atoms with Crippen LogP contribution in [0, 0.1) is 11.6 Å². The number of hydrogen-bond acceptors (Lipinski definition) is 2. The van der Waals surface area contributed by atoms with Gasteiger partial charge in [-0.25, -0.2) is 8.78 Å². The molecule has 0 heterocycles. The summed E-state index contributed by atoms with van der Waals surface area (Å²) in [5.41, 5.74) is -0.265. The molecule has 0 aromatic heterocycles. The molecule has 0 fully saturated rings. The Kier molecular flexibility index (Phi) is 4.53. The van der Waals surface area contributed by atoms with E-state index in [2.05, 4.69) is 10.1 Å². The minimum atomic E-state index is -4.74. The summed E-state index contributed by atoms with van der Waals surface area (Å²) in [6.07, 6.45) is -4.74. The van der Waals surface area contributed by atoms with Crippen LogP contribution in [-0.4, -0.2) is 19.5 Å². The third-order valence-corrected chi connectivity index (χ3v) is 1.97. The van der Waals surface area contributed by atoms with Crippen molar-refractivity contribution in [3.8, 4) is 0 Å². The van der Waals surface area contributed by atoms with Crippen molar-refractivity contribution < 1.29 is 26.7 Å². The highest BCUT2D eigenvalue weighted by Crippen LogP contribution is 2.26. The molecule has 96 valence electrons. The zero-order valence-electron chi connectivity index (χ0n) is 8.24. The van der Waals surface area contributed by atoms with E-state index in [0.717, 1.165) is 6.07 Å². The summed E-state index contributed by atoms with van der Waals surface area (Å²) in [4.78, 5) is 0. The van der Waals surface area contributed by atoms with E-state index in [1.807, 2.05) is 0 Å². The summed E-state index contributed by atoms with van der Waals surface area (Å²) in [5.74, 6) is -1.85. The van der Waals surface area contributed by atoms with Crippen molar-refractivity contribution in [2.45, 2.75) is 6.36 Å². The average Bonchev–Trinajstić information content (AvgIpc) is 2.13. The molecule has 0 aliphatic heterocycles. The third-order valence-electron chi connectivity index (χ3n) is 1.68. The minimum absolute atomic E-state index is 0.255. The summed E-state index contributed by atoms with van der Waals surface area (Å²) in [6, 6.07) is 1.41. The quantitative estimate of drug-likeness (QED) is 0.670. The highest BCUT2D eigenvalue weighted by atomic mass is 35.5. The largest absolute Gasteiger partial charge is 0.522 e. The van der Waals surface area contributed by atoms with Gasteiger partial charge in [0.2, 0.25) is 0 Å². The second kappa shape index (κ2) is 5.50. The summed E-state index contributed by atoms with van der Waals surface area (Å²) in [7, 11) is 0. The van der Waals surface area contributed by atoms with Gasteiger partial charge in [-0.3, -0.25) is 4.74 Å². The Balaban J connectivity index is 2.53. The van der Waals surface area contributed by atoms with Gasteiger partial charge in [0.05, 0.1) is 17.3 Å². The number of halogens is 6. The third kappa shape index (κ3) is 4.74. The van der Waals surface area contributed by atoms with Crippen LogP contribution in [0.3, 0.4) is 0 Å². The molecule has 0 spiro atoms. The van der Waals surface area contributed by atoms with Crippen molar-refractivity contribution in [1.82, 2.24) is 0 Å². The zero-order valence-corrected chi connectivity index (χ0v) is 9.00. The van der Waals surface area contributed by atoms with Gasteiger partial charge in [0.1, 0.15) is 5.82 Å². The number of alkyl halides is 3. The zero-order chi connectivity index (χ0) is 13.1. The van der Waals surface area contributed by atoms with E-state index >= 15 is 0 Å². The second-order valence-electron chi connectivity index (χ2n) is 2.97. The van der Waals surface area contributed by atoms with Crippen molar-refractivity contribution in [3.63, 3.8) is 0 Å². The van der Waals surface area contributed by atoms with E-state index in [0.29, 0.717) is 6.07 Å². The topological polar surface area (TPSA) is 21.3 Å². The molecule has 0 aliphatic carbocycles. The molecule has 0 saturated heterocycles. The van der Waals surface area contributed by atoms with Crippen LogP contribution < -0.4 is 5.32 Å². The molecule has 0 atom stereocenters. The van der Waals surface area contributed by atoms with Crippen LogP contribution in [0.2, 0.25) is 5.02 Å². The van der Waals surface area contributed by atoms with E-state index in [4.69, 9.17) is 11.6 Å². The van der Waals surface area contributed by atoms with Crippen molar-refractivity contribution in [1.29, 1.82) is 0 Å². The molecular weight excluding hydrogens is 269 g/mol. The molecule has 8 heteroatoms. The molecule has 2 nitrogen and oxygen atoms in total. The van der Waals surface area contributed by atoms with Crippen LogP contribution in [0.4, 0.5) is 27.6 Å². The van der Waals surface area contributed by atoms with Crippen molar-refractivity contribution in [2.75, 3.05) is 18.5 Å². The lowest BCUT2D eigenvalue weighted by Crippen LogP contribution is -2.19. The Bertz CT molecular complexity index is 372. The van der Waals surface area contributed by atoms with Crippen molar-refractivity contribution in [2.24, 2.45) is 0 Å². The lowest BCUT2D eigenvalue weighted by Gasteiger charge is -2.11. The molecule has 1 aromatic carbocycles. The Morgan fingerprint density at radius 2 is 1.88 bits per heavy atom. The SMILES string of the molecule is Fc1cc(F)c(NCCOC(F)(F)F)c(Cl)c1. The molecule has 0 amide bonds. The number of nitrogens with one attached hydrogen (secondary N) is 1. The Hall–Kier alpha value is -1.08. The minimum Gasteiger partial charge on any atom is -0.379 e. The molecule has 1 rings (SSSR count). The van der Waals surface area contributed by atoms with Crippen molar-refractivity contribution >= 4 is 17.3 Å². The molecule has 0 unspecified atom stereocenters. The van der Waals surface area contributed by atoms with Crippen LogP contribution in [0.15, 0.2) is 12.1 Å². The fourth-order valence-electron chi connectivity index (χ4n) is 1.05. The number of benzene rings is 1. The molecule has 0 radical (unpaired) electrons. The van der Waals surface area contributed by atoms with Crippen LogP contribution in [0.5, 0.6) is 0 Å². The first-order chi connectivity index (χ1) is 7.79. The van der Waals surface area contributed by atoms with E-state index in [1.54, 1.807) is 0 Å². The van der Waals surface area contributed by atoms with Gasteiger partial charge >= 0.3 is 6.36 Å². The fourth-order valence-corrected chi connectivity index (χ4v) is 1.32. The fraction of sp³-hybridized carbons (Fsp3) is 0.333. The molecular formula is C9H7ClF5NO. The van der Waals surface area contributed by atoms with Crippen LogP contribution in [0.1, 0.15) is 0 Å². The van der Waals surface area contributed by atoms with Gasteiger partial charge in [0.25, 0.3) is 0 Å². The molecule has 1 N–H and O–H groups in total. The predicted octanol–water partition coefficient (Wildman–Crippen LogP) is 3.57. The van der Waals surface area contributed by atoms with Gasteiger partial charge in [0, 0.05) is 12.6 Å². The number of hydrogen-bond donors (Lipinski definition) is 1. The average molecular weight is 276 g/mol. The predicted molar refractivity (Wildman–Crippen MR) is 51.9 cm³/mol. The van der Waals surface area contributed by atoms with Gasteiger partial charge in [-0.1, -0.05) is 11.6 Å². The maximum absolute atomic E-state index is 13.1. The van der Waals surface area contributed by atoms with E-state index < -0.39 is 24.6 Å². The first-order valence-corrected chi connectivity index (χ1v) is 4.76. The summed E-state index contributed by atoms with van der Waals surface area (Å²) < 4.78 is 64.0. The van der Waals surface area contributed by atoms with E-state index in [9.17, 15) is 22.0 Å². The van der Waals surface area contributed by atoms with Gasteiger partial charge in [-0.15, -0.1) is 13.2 Å². The summed E-state index contributed by atoms with van der Waals surface area (Å²) in [6.45, 7) is -1.03. The second-order valence-corrected chi connectivity index (χ2v) is 3.37. The molecule has 17 heavy (non-hydrogen) atoms. The summed E-state index contributed by atoms with van der Waals surface area (Å²) >= 11 is 5.50. The lowest BCUT2D eigenvalue weighted by atomic mass is 10.3. The monoisotopic (exact) mass is 275 g/mol. The number of rotatable bonds is 4. The first-order valence-electron chi connectivity index (χ1n) is 4.38. The molecule has 1 aromatic rings. The van der Waals surface area contributed by atoms with Gasteiger partial charge in [0.15, 0.2) is 5.82 Å². The Labute approximate surface area is 98.3 Å². The number of ether oxygens (including phenoxy) is 1. The van der Waals surface area contributed by atoms with Crippen LogP contribution >= 0.6 is 11.6 Å². The smallest absolute Gasteiger partial charge is 0.379 e. The highest BCUT2D eigenvalue weighted by Gasteiger charge is 2.28. The van der Waals surface area contributed by atoms with E-state index in [-0.39, 0.29) is 17.3 Å². The lowest BCUT2D eigenvalue weighted by molar-refractivity contribution is -0.322. The van der Waals surface area contributed by atoms with Gasteiger partial charge in [-0.2, -0.15) is 0 Å². The summed E-state index contributed by atoms with van der Waals surface area (Å²) in [5, 5.41) is 2.03. The first kappa shape index (κ1) is 14.0. The van der Waals surface area contributed by atoms with Crippen LogP contribution in [-0.2, 0) is 4.74 Å². The molecule has 0 saturated carbocycles. The van der Waals surface area contributed by atoms with E-state index in [1.165, 1.54) is 0 Å². The normalized spacial score (nSPS) is 11.6.